The second-order valence-electron chi connectivity index (χ2n) is 5.87. The maximum atomic E-state index is 6.00. The van der Waals surface area contributed by atoms with Gasteiger partial charge in [0.25, 0.3) is 0 Å². The molecule has 1 aliphatic rings. The minimum absolute atomic E-state index is 0.678. The largest absolute Gasteiger partial charge is 0.352 e. The SMILES string of the molecule is Cc1ccc(N2CCN(c3cnc4cc(Cl)ccc4n3)CC2)nn1. The van der Waals surface area contributed by atoms with Crippen LogP contribution in [0, 0.1) is 6.92 Å². The summed E-state index contributed by atoms with van der Waals surface area (Å²) >= 11 is 6.00. The number of aromatic nitrogens is 4. The van der Waals surface area contributed by atoms with E-state index in [9.17, 15) is 0 Å². The average molecular weight is 341 g/mol. The summed E-state index contributed by atoms with van der Waals surface area (Å²) in [5, 5.41) is 9.08. The number of benzene rings is 1. The van der Waals surface area contributed by atoms with E-state index in [1.165, 1.54) is 0 Å². The summed E-state index contributed by atoms with van der Waals surface area (Å²) in [6.45, 7) is 5.48. The first-order chi connectivity index (χ1) is 11.7. The molecule has 7 heteroatoms. The van der Waals surface area contributed by atoms with Crippen molar-refractivity contribution in [2.24, 2.45) is 0 Å². The maximum Gasteiger partial charge on any atom is 0.151 e. The molecule has 1 aromatic carbocycles. The lowest BCUT2D eigenvalue weighted by Crippen LogP contribution is -2.47. The van der Waals surface area contributed by atoms with Gasteiger partial charge in [0.05, 0.1) is 22.9 Å². The number of halogens is 1. The number of aryl methyl sites for hydroxylation is 1. The lowest BCUT2D eigenvalue weighted by Gasteiger charge is -2.35. The summed E-state index contributed by atoms with van der Waals surface area (Å²) in [7, 11) is 0. The number of nitrogens with zero attached hydrogens (tertiary/aromatic N) is 6. The molecule has 0 bridgehead atoms. The first kappa shape index (κ1) is 15.1. The molecule has 0 atom stereocenters. The summed E-state index contributed by atoms with van der Waals surface area (Å²) in [5.41, 5.74) is 2.62. The fourth-order valence-electron chi connectivity index (χ4n) is 2.85. The second-order valence-corrected chi connectivity index (χ2v) is 6.30. The molecule has 0 N–H and O–H groups in total. The molecule has 0 aliphatic carbocycles. The monoisotopic (exact) mass is 340 g/mol. The van der Waals surface area contributed by atoms with E-state index in [-0.39, 0.29) is 0 Å². The third-order valence-corrected chi connectivity index (χ3v) is 4.44. The molecule has 24 heavy (non-hydrogen) atoms. The average Bonchev–Trinajstić information content (AvgIpc) is 2.62. The Morgan fingerprint density at radius 3 is 2.33 bits per heavy atom. The van der Waals surface area contributed by atoms with Gasteiger partial charge in [0.15, 0.2) is 5.82 Å². The number of fused-ring (bicyclic) bond motifs is 1. The van der Waals surface area contributed by atoms with Crippen LogP contribution in [0.25, 0.3) is 11.0 Å². The first-order valence-electron chi connectivity index (χ1n) is 7.91. The van der Waals surface area contributed by atoms with Gasteiger partial charge in [-0.1, -0.05) is 11.6 Å². The first-order valence-corrected chi connectivity index (χ1v) is 8.29. The minimum atomic E-state index is 0.678. The lowest BCUT2D eigenvalue weighted by molar-refractivity contribution is 0.637. The van der Waals surface area contributed by atoms with Crippen molar-refractivity contribution in [2.75, 3.05) is 36.0 Å². The molecule has 6 nitrogen and oxygen atoms in total. The van der Waals surface area contributed by atoms with Gasteiger partial charge in [-0.05, 0) is 37.3 Å². The number of hydrogen-bond donors (Lipinski definition) is 0. The number of piperazine rings is 1. The zero-order chi connectivity index (χ0) is 16.5. The van der Waals surface area contributed by atoms with E-state index in [1.54, 1.807) is 0 Å². The number of anilines is 2. The predicted octanol–water partition coefficient (Wildman–Crippen LogP) is 2.71. The van der Waals surface area contributed by atoms with Crippen LogP contribution in [0.4, 0.5) is 11.6 Å². The Kier molecular flexibility index (Phi) is 3.90. The lowest BCUT2D eigenvalue weighted by atomic mass is 10.3. The van der Waals surface area contributed by atoms with Crippen molar-refractivity contribution in [3.05, 3.63) is 47.2 Å². The predicted molar refractivity (Wildman–Crippen MR) is 95.7 cm³/mol. The Bertz CT molecular complexity index is 859. The molecular formula is C17H17ClN6. The van der Waals surface area contributed by atoms with Crippen molar-refractivity contribution < 1.29 is 0 Å². The molecule has 1 saturated heterocycles. The van der Waals surface area contributed by atoms with Gasteiger partial charge in [0, 0.05) is 31.2 Å². The fraction of sp³-hybridized carbons (Fsp3) is 0.294. The van der Waals surface area contributed by atoms with Crippen LogP contribution in [0.1, 0.15) is 5.69 Å². The van der Waals surface area contributed by atoms with Crippen molar-refractivity contribution >= 4 is 34.3 Å². The highest BCUT2D eigenvalue weighted by atomic mass is 35.5. The van der Waals surface area contributed by atoms with Gasteiger partial charge >= 0.3 is 0 Å². The van der Waals surface area contributed by atoms with Crippen LogP contribution in [0.5, 0.6) is 0 Å². The molecule has 0 spiro atoms. The van der Waals surface area contributed by atoms with Crippen LogP contribution in [0.3, 0.4) is 0 Å². The molecule has 3 heterocycles. The molecule has 0 unspecified atom stereocenters. The van der Waals surface area contributed by atoms with E-state index in [4.69, 9.17) is 16.6 Å². The van der Waals surface area contributed by atoms with E-state index < -0.39 is 0 Å². The van der Waals surface area contributed by atoms with Crippen molar-refractivity contribution in [3.63, 3.8) is 0 Å². The second kappa shape index (κ2) is 6.20. The van der Waals surface area contributed by atoms with Gasteiger partial charge in [0.1, 0.15) is 5.82 Å². The third kappa shape index (κ3) is 2.97. The molecule has 1 aliphatic heterocycles. The third-order valence-electron chi connectivity index (χ3n) is 4.20. The number of hydrogen-bond acceptors (Lipinski definition) is 6. The molecule has 3 aromatic rings. The van der Waals surface area contributed by atoms with Crippen molar-refractivity contribution in [1.82, 2.24) is 20.2 Å². The topological polar surface area (TPSA) is 58.0 Å². The van der Waals surface area contributed by atoms with Crippen molar-refractivity contribution in [3.8, 4) is 0 Å². The Balaban J connectivity index is 1.49. The molecule has 0 amide bonds. The van der Waals surface area contributed by atoms with E-state index in [0.717, 1.165) is 54.5 Å². The molecular weight excluding hydrogens is 324 g/mol. The summed E-state index contributed by atoms with van der Waals surface area (Å²) in [4.78, 5) is 13.7. The van der Waals surface area contributed by atoms with Crippen LogP contribution >= 0.6 is 11.6 Å². The zero-order valence-electron chi connectivity index (χ0n) is 13.4. The Hall–Kier alpha value is -2.47. The maximum absolute atomic E-state index is 6.00. The molecule has 0 radical (unpaired) electrons. The fourth-order valence-corrected chi connectivity index (χ4v) is 3.02. The van der Waals surface area contributed by atoms with Crippen molar-refractivity contribution in [1.29, 1.82) is 0 Å². The summed E-state index contributed by atoms with van der Waals surface area (Å²) in [6, 6.07) is 9.61. The quantitative estimate of drug-likeness (QED) is 0.715. The van der Waals surface area contributed by atoms with Gasteiger partial charge in [-0.3, -0.25) is 4.98 Å². The zero-order valence-corrected chi connectivity index (χ0v) is 14.1. The van der Waals surface area contributed by atoms with Crippen molar-refractivity contribution in [2.45, 2.75) is 6.92 Å². The minimum Gasteiger partial charge on any atom is -0.352 e. The van der Waals surface area contributed by atoms with Gasteiger partial charge in [-0.2, -0.15) is 5.10 Å². The van der Waals surface area contributed by atoms with E-state index >= 15 is 0 Å². The summed E-state index contributed by atoms with van der Waals surface area (Å²) in [6.07, 6.45) is 1.82. The standard InChI is InChI=1S/C17H17ClN6/c1-12-2-5-16(22-21-12)23-6-8-24(9-7-23)17-11-19-15-10-13(18)3-4-14(15)20-17/h2-5,10-11H,6-9H2,1H3. The van der Waals surface area contributed by atoms with Gasteiger partial charge in [-0.15, -0.1) is 5.10 Å². The van der Waals surface area contributed by atoms with Crippen LogP contribution in [0.15, 0.2) is 36.5 Å². The highest BCUT2D eigenvalue weighted by molar-refractivity contribution is 6.31. The van der Waals surface area contributed by atoms with Gasteiger partial charge < -0.3 is 9.80 Å². The summed E-state index contributed by atoms with van der Waals surface area (Å²) < 4.78 is 0. The normalized spacial score (nSPS) is 15.1. The molecule has 122 valence electrons. The highest BCUT2D eigenvalue weighted by Crippen LogP contribution is 2.21. The van der Waals surface area contributed by atoms with Crippen LogP contribution in [-0.2, 0) is 0 Å². The Labute approximate surface area is 145 Å². The summed E-state index contributed by atoms with van der Waals surface area (Å²) in [5.74, 6) is 1.83. The number of rotatable bonds is 2. The van der Waals surface area contributed by atoms with E-state index in [2.05, 4.69) is 25.0 Å². The van der Waals surface area contributed by atoms with Gasteiger partial charge in [0.2, 0.25) is 0 Å². The van der Waals surface area contributed by atoms with Crippen LogP contribution < -0.4 is 9.80 Å². The molecule has 2 aromatic heterocycles. The van der Waals surface area contributed by atoms with Gasteiger partial charge in [-0.25, -0.2) is 4.98 Å². The Morgan fingerprint density at radius 1 is 0.875 bits per heavy atom. The molecule has 1 fully saturated rings. The van der Waals surface area contributed by atoms with Crippen LogP contribution in [-0.4, -0.2) is 46.3 Å². The smallest absolute Gasteiger partial charge is 0.151 e. The Morgan fingerprint density at radius 2 is 1.62 bits per heavy atom. The van der Waals surface area contributed by atoms with E-state index in [0.29, 0.717) is 5.02 Å². The highest BCUT2D eigenvalue weighted by Gasteiger charge is 2.19. The van der Waals surface area contributed by atoms with Crippen LogP contribution in [0.2, 0.25) is 5.02 Å². The van der Waals surface area contributed by atoms with E-state index in [1.807, 2.05) is 43.5 Å². The molecule has 4 rings (SSSR count). The molecule has 0 saturated carbocycles.